The van der Waals surface area contributed by atoms with Crippen LogP contribution in [0.1, 0.15) is 23.1 Å². The van der Waals surface area contributed by atoms with E-state index in [1.54, 1.807) is 22.6 Å². The van der Waals surface area contributed by atoms with Gasteiger partial charge in [-0.1, -0.05) is 41.7 Å². The monoisotopic (exact) mass is 383 g/mol. The molecule has 5 nitrogen and oxygen atoms in total. The number of rotatable bonds is 3. The number of carbonyl (C=O) groups is 1. The molecule has 0 spiro atoms. The molecule has 0 saturated carbocycles. The van der Waals surface area contributed by atoms with Crippen molar-refractivity contribution in [2.45, 2.75) is 13.3 Å². The van der Waals surface area contributed by atoms with Crippen LogP contribution in [-0.2, 0) is 11.2 Å². The fourth-order valence-corrected chi connectivity index (χ4v) is 3.17. The van der Waals surface area contributed by atoms with E-state index in [0.717, 1.165) is 0 Å². The van der Waals surface area contributed by atoms with Gasteiger partial charge in [0.15, 0.2) is 11.3 Å². The van der Waals surface area contributed by atoms with E-state index in [1.807, 2.05) is 6.92 Å². The zero-order valence-corrected chi connectivity index (χ0v) is 15.1. The Labute approximate surface area is 153 Å². The average molecular weight is 385 g/mol. The number of imidazole rings is 1. The number of ether oxygens (including phenoxy) is 1. The average Bonchev–Trinajstić information content (AvgIpc) is 2.92. The molecule has 0 fully saturated rings. The summed E-state index contributed by atoms with van der Waals surface area (Å²) < 4.78 is 6.45. The minimum Gasteiger partial charge on any atom is -0.464 e. The number of hydrogen-bond acceptors (Lipinski definition) is 4. The molecule has 1 aromatic carbocycles. The van der Waals surface area contributed by atoms with Crippen LogP contribution < -0.4 is 0 Å². The van der Waals surface area contributed by atoms with Crippen LogP contribution in [0.3, 0.4) is 0 Å². The Morgan fingerprint density at radius 3 is 2.62 bits per heavy atom. The van der Waals surface area contributed by atoms with Crippen LogP contribution in [0.5, 0.6) is 0 Å². The number of halogens is 3. The SMILES string of the molecule is CCc1nc2c(-c3ccc(Cl)cc3Cl)nc(Cl)cn2c1C(=O)OC. The summed E-state index contributed by atoms with van der Waals surface area (Å²) in [5, 5.41) is 1.13. The van der Waals surface area contributed by atoms with E-state index in [1.165, 1.54) is 13.3 Å². The van der Waals surface area contributed by atoms with Gasteiger partial charge in [0.1, 0.15) is 10.8 Å². The quantitative estimate of drug-likeness (QED) is 0.614. The molecule has 0 aliphatic rings. The van der Waals surface area contributed by atoms with Crippen molar-refractivity contribution in [1.29, 1.82) is 0 Å². The standard InChI is InChI=1S/C16H12Cl3N3O2/c1-3-11-14(16(23)24-2)22-7-12(19)21-13(15(22)20-11)9-5-4-8(17)6-10(9)18/h4-7H,3H2,1-2H3. The van der Waals surface area contributed by atoms with Gasteiger partial charge in [-0.2, -0.15) is 0 Å². The summed E-state index contributed by atoms with van der Waals surface area (Å²) in [6, 6.07) is 5.05. The fraction of sp³-hybridized carbons (Fsp3) is 0.188. The highest BCUT2D eigenvalue weighted by Crippen LogP contribution is 2.33. The van der Waals surface area contributed by atoms with Crippen molar-refractivity contribution in [3.05, 3.63) is 51.0 Å². The Bertz CT molecular complexity index is 953. The molecule has 3 aromatic rings. The van der Waals surface area contributed by atoms with Gasteiger partial charge in [0.05, 0.1) is 17.8 Å². The molecule has 0 N–H and O–H groups in total. The first-order valence-electron chi connectivity index (χ1n) is 7.07. The highest BCUT2D eigenvalue weighted by molar-refractivity contribution is 6.36. The molecule has 0 aliphatic heterocycles. The van der Waals surface area contributed by atoms with E-state index >= 15 is 0 Å². The number of nitrogens with zero attached hydrogens (tertiary/aromatic N) is 3. The third kappa shape index (κ3) is 2.83. The molecule has 0 amide bonds. The summed E-state index contributed by atoms with van der Waals surface area (Å²) in [7, 11) is 1.32. The molecule has 2 aromatic heterocycles. The lowest BCUT2D eigenvalue weighted by molar-refractivity contribution is 0.0591. The van der Waals surface area contributed by atoms with Gasteiger partial charge in [0.2, 0.25) is 0 Å². The van der Waals surface area contributed by atoms with Crippen LogP contribution >= 0.6 is 34.8 Å². The lowest BCUT2D eigenvalue weighted by Crippen LogP contribution is -2.08. The summed E-state index contributed by atoms with van der Waals surface area (Å²) in [6.45, 7) is 1.90. The van der Waals surface area contributed by atoms with E-state index in [4.69, 9.17) is 39.5 Å². The van der Waals surface area contributed by atoms with Gasteiger partial charge in [-0.15, -0.1) is 0 Å². The molecule has 0 radical (unpaired) electrons. The number of aromatic nitrogens is 3. The van der Waals surface area contributed by atoms with Gasteiger partial charge in [-0.25, -0.2) is 14.8 Å². The number of carbonyl (C=O) groups excluding carboxylic acids is 1. The fourth-order valence-electron chi connectivity index (χ4n) is 2.49. The van der Waals surface area contributed by atoms with Crippen molar-refractivity contribution in [3.63, 3.8) is 0 Å². The van der Waals surface area contributed by atoms with Crippen LogP contribution in [0.4, 0.5) is 0 Å². The van der Waals surface area contributed by atoms with Gasteiger partial charge in [0.25, 0.3) is 0 Å². The van der Waals surface area contributed by atoms with Crippen molar-refractivity contribution >= 4 is 46.4 Å². The molecule has 24 heavy (non-hydrogen) atoms. The molecule has 8 heteroatoms. The molecule has 0 aliphatic carbocycles. The van der Waals surface area contributed by atoms with Crippen LogP contribution in [-0.4, -0.2) is 27.4 Å². The Balaban J connectivity index is 2.37. The third-order valence-electron chi connectivity index (χ3n) is 3.55. The van der Waals surface area contributed by atoms with E-state index in [9.17, 15) is 4.79 Å². The number of benzene rings is 1. The van der Waals surface area contributed by atoms with Crippen molar-refractivity contribution in [2.75, 3.05) is 7.11 Å². The lowest BCUT2D eigenvalue weighted by Gasteiger charge is -2.08. The zero-order chi connectivity index (χ0) is 17.4. The van der Waals surface area contributed by atoms with E-state index in [2.05, 4.69) is 9.97 Å². The maximum atomic E-state index is 12.1. The summed E-state index contributed by atoms with van der Waals surface area (Å²) in [6.07, 6.45) is 2.08. The molecule has 124 valence electrons. The lowest BCUT2D eigenvalue weighted by atomic mass is 10.1. The highest BCUT2D eigenvalue weighted by atomic mass is 35.5. The number of methoxy groups -OCH3 is 1. The van der Waals surface area contributed by atoms with E-state index < -0.39 is 5.97 Å². The summed E-state index contributed by atoms with van der Waals surface area (Å²) in [5.74, 6) is -0.491. The minimum atomic E-state index is -0.491. The molecular formula is C16H12Cl3N3O2. The summed E-state index contributed by atoms with van der Waals surface area (Å²) >= 11 is 18.4. The largest absolute Gasteiger partial charge is 0.464 e. The van der Waals surface area contributed by atoms with Crippen LogP contribution in [0.2, 0.25) is 15.2 Å². The van der Waals surface area contributed by atoms with Gasteiger partial charge >= 0.3 is 5.97 Å². The first kappa shape index (κ1) is 17.0. The Hall–Kier alpha value is -1.82. The van der Waals surface area contributed by atoms with Crippen LogP contribution in [0.25, 0.3) is 16.9 Å². The Morgan fingerprint density at radius 1 is 1.25 bits per heavy atom. The van der Waals surface area contributed by atoms with Crippen molar-refractivity contribution in [3.8, 4) is 11.3 Å². The van der Waals surface area contributed by atoms with Crippen molar-refractivity contribution in [1.82, 2.24) is 14.4 Å². The predicted octanol–water partition coefficient (Wildman–Crippen LogP) is 4.71. The Morgan fingerprint density at radius 2 is 2.00 bits per heavy atom. The topological polar surface area (TPSA) is 56.5 Å². The molecule has 0 bridgehead atoms. The third-order valence-corrected chi connectivity index (χ3v) is 4.28. The van der Waals surface area contributed by atoms with Crippen LogP contribution in [0, 0.1) is 0 Å². The minimum absolute atomic E-state index is 0.203. The van der Waals surface area contributed by atoms with Gasteiger partial charge in [0, 0.05) is 16.8 Å². The van der Waals surface area contributed by atoms with Crippen LogP contribution in [0.15, 0.2) is 24.4 Å². The van der Waals surface area contributed by atoms with E-state index in [-0.39, 0.29) is 5.15 Å². The first-order valence-corrected chi connectivity index (χ1v) is 8.20. The molecule has 0 unspecified atom stereocenters. The molecule has 0 saturated heterocycles. The number of esters is 1. The second-order valence-corrected chi connectivity index (χ2v) is 6.21. The predicted molar refractivity (Wildman–Crippen MR) is 94.2 cm³/mol. The van der Waals surface area contributed by atoms with Gasteiger partial charge < -0.3 is 4.74 Å². The highest BCUT2D eigenvalue weighted by Gasteiger charge is 2.23. The summed E-state index contributed by atoms with van der Waals surface area (Å²) in [5.41, 5.74) is 2.48. The number of fused-ring (bicyclic) bond motifs is 1. The zero-order valence-electron chi connectivity index (χ0n) is 12.8. The van der Waals surface area contributed by atoms with Crippen molar-refractivity contribution in [2.24, 2.45) is 0 Å². The van der Waals surface area contributed by atoms with Gasteiger partial charge in [-0.3, -0.25) is 4.40 Å². The summed E-state index contributed by atoms with van der Waals surface area (Å²) in [4.78, 5) is 21.0. The number of hydrogen-bond donors (Lipinski definition) is 0. The normalized spacial score (nSPS) is 11.0. The molecule has 0 atom stereocenters. The second-order valence-electron chi connectivity index (χ2n) is 4.98. The smallest absolute Gasteiger partial charge is 0.357 e. The maximum Gasteiger partial charge on any atom is 0.357 e. The molecule has 2 heterocycles. The maximum absolute atomic E-state index is 12.1. The Kier molecular flexibility index (Phi) is 4.67. The molecule has 3 rings (SSSR count). The number of aryl methyl sites for hydroxylation is 1. The van der Waals surface area contributed by atoms with Gasteiger partial charge in [-0.05, 0) is 24.6 Å². The van der Waals surface area contributed by atoms with E-state index in [0.29, 0.717) is 44.8 Å². The molecular weight excluding hydrogens is 373 g/mol. The van der Waals surface area contributed by atoms with Crippen molar-refractivity contribution < 1.29 is 9.53 Å². The first-order chi connectivity index (χ1) is 11.5. The second kappa shape index (κ2) is 6.59.